The van der Waals surface area contributed by atoms with Crippen molar-refractivity contribution >= 4 is 27.5 Å². The van der Waals surface area contributed by atoms with Crippen molar-refractivity contribution in [3.05, 3.63) is 29.3 Å². The van der Waals surface area contributed by atoms with E-state index in [4.69, 9.17) is 4.98 Å². The minimum Gasteiger partial charge on any atom is -0.352 e. The van der Waals surface area contributed by atoms with Crippen molar-refractivity contribution in [1.82, 2.24) is 15.2 Å². The normalized spacial score (nSPS) is 22.9. The molecule has 2 fully saturated rings. The van der Waals surface area contributed by atoms with Gasteiger partial charge in [-0.15, -0.1) is 11.3 Å². The summed E-state index contributed by atoms with van der Waals surface area (Å²) in [7, 11) is 0. The van der Waals surface area contributed by atoms with Gasteiger partial charge in [-0.1, -0.05) is 25.0 Å². The molecule has 1 saturated heterocycles. The molecule has 2 aromatic rings. The summed E-state index contributed by atoms with van der Waals surface area (Å²) in [6.07, 6.45) is 7.06. The van der Waals surface area contributed by atoms with E-state index in [0.29, 0.717) is 18.6 Å². The zero-order chi connectivity index (χ0) is 15.6. The second-order valence-corrected chi connectivity index (χ2v) is 7.76. The molecule has 2 aliphatic rings. The Labute approximate surface area is 140 Å². The maximum Gasteiger partial charge on any atom is 0.234 e. The lowest BCUT2D eigenvalue weighted by Gasteiger charge is -2.23. The average molecular weight is 329 g/mol. The summed E-state index contributed by atoms with van der Waals surface area (Å²) in [5, 5.41) is 4.37. The van der Waals surface area contributed by atoms with E-state index in [1.807, 2.05) is 6.07 Å². The SMILES string of the molecule is O=C(CN1CCC[C@@H]1c1nc2ccccc2s1)NC1CCCC1. The van der Waals surface area contributed by atoms with Gasteiger partial charge < -0.3 is 5.32 Å². The molecule has 1 aromatic carbocycles. The summed E-state index contributed by atoms with van der Waals surface area (Å²) in [6.45, 7) is 1.51. The number of aromatic nitrogens is 1. The van der Waals surface area contributed by atoms with Crippen molar-refractivity contribution in [3.8, 4) is 0 Å². The maximum absolute atomic E-state index is 12.3. The van der Waals surface area contributed by atoms with Gasteiger partial charge in [-0.05, 0) is 44.4 Å². The van der Waals surface area contributed by atoms with Crippen LogP contribution in [0.2, 0.25) is 0 Å². The molecule has 1 amide bonds. The molecule has 4 rings (SSSR count). The van der Waals surface area contributed by atoms with Crippen LogP contribution in [0.15, 0.2) is 24.3 Å². The lowest BCUT2D eigenvalue weighted by Crippen LogP contribution is -2.40. The van der Waals surface area contributed by atoms with E-state index in [-0.39, 0.29) is 5.91 Å². The molecule has 0 radical (unpaired) electrons. The third-order valence-corrected chi connectivity index (χ3v) is 6.16. The Hall–Kier alpha value is -1.46. The summed E-state index contributed by atoms with van der Waals surface area (Å²) in [4.78, 5) is 19.4. The number of carbonyl (C=O) groups is 1. The topological polar surface area (TPSA) is 45.2 Å². The van der Waals surface area contributed by atoms with E-state index >= 15 is 0 Å². The Morgan fingerprint density at radius 1 is 1.22 bits per heavy atom. The fourth-order valence-electron chi connectivity index (χ4n) is 3.86. The maximum atomic E-state index is 12.3. The van der Waals surface area contributed by atoms with Gasteiger partial charge in [0.25, 0.3) is 0 Å². The van der Waals surface area contributed by atoms with Gasteiger partial charge in [-0.25, -0.2) is 4.98 Å². The molecule has 0 spiro atoms. The van der Waals surface area contributed by atoms with Crippen LogP contribution in [0.5, 0.6) is 0 Å². The second kappa shape index (κ2) is 6.57. The first-order valence-electron chi connectivity index (χ1n) is 8.68. The molecule has 1 atom stereocenters. The molecule has 1 N–H and O–H groups in total. The van der Waals surface area contributed by atoms with Gasteiger partial charge >= 0.3 is 0 Å². The Bertz CT molecular complexity index is 659. The largest absolute Gasteiger partial charge is 0.352 e. The van der Waals surface area contributed by atoms with Crippen molar-refractivity contribution in [2.45, 2.75) is 50.6 Å². The molecule has 1 aliphatic heterocycles. The van der Waals surface area contributed by atoms with E-state index in [2.05, 4.69) is 28.4 Å². The second-order valence-electron chi connectivity index (χ2n) is 6.70. The number of benzene rings is 1. The number of para-hydroxylation sites is 1. The molecular formula is C18H23N3OS. The van der Waals surface area contributed by atoms with Crippen LogP contribution in [0.4, 0.5) is 0 Å². The number of rotatable bonds is 4. The molecule has 0 unspecified atom stereocenters. The number of thiazole rings is 1. The summed E-state index contributed by atoms with van der Waals surface area (Å²) in [5.74, 6) is 0.185. The number of fused-ring (bicyclic) bond motifs is 1. The molecule has 122 valence electrons. The molecule has 0 bridgehead atoms. The highest BCUT2D eigenvalue weighted by Gasteiger charge is 2.30. The Kier molecular flexibility index (Phi) is 4.31. The molecule has 4 nitrogen and oxygen atoms in total. The van der Waals surface area contributed by atoms with Crippen LogP contribution in [0.3, 0.4) is 0 Å². The van der Waals surface area contributed by atoms with Gasteiger partial charge in [0, 0.05) is 6.04 Å². The lowest BCUT2D eigenvalue weighted by atomic mass is 10.2. The molecule has 1 aromatic heterocycles. The first kappa shape index (κ1) is 15.1. The highest BCUT2D eigenvalue weighted by atomic mass is 32.1. The van der Waals surface area contributed by atoms with Crippen LogP contribution in [-0.2, 0) is 4.79 Å². The molecule has 1 saturated carbocycles. The Morgan fingerprint density at radius 3 is 2.87 bits per heavy atom. The number of nitrogens with zero attached hydrogens (tertiary/aromatic N) is 2. The standard InChI is InChI=1S/C18H23N3OS/c22-17(19-13-6-1-2-7-13)12-21-11-5-9-15(21)18-20-14-8-3-4-10-16(14)23-18/h3-4,8,10,13,15H,1-2,5-7,9,11-12H2,(H,19,22)/t15-/m1/s1. The highest BCUT2D eigenvalue weighted by Crippen LogP contribution is 2.36. The number of amides is 1. The number of hydrogen-bond acceptors (Lipinski definition) is 4. The fraction of sp³-hybridized carbons (Fsp3) is 0.556. The van der Waals surface area contributed by atoms with Crippen molar-refractivity contribution in [1.29, 1.82) is 0 Å². The van der Waals surface area contributed by atoms with Gasteiger partial charge in [0.05, 0.1) is 22.8 Å². The number of carbonyl (C=O) groups excluding carboxylic acids is 1. The third kappa shape index (κ3) is 3.26. The van der Waals surface area contributed by atoms with Crippen LogP contribution < -0.4 is 5.32 Å². The highest BCUT2D eigenvalue weighted by molar-refractivity contribution is 7.18. The van der Waals surface area contributed by atoms with Crippen molar-refractivity contribution in [2.24, 2.45) is 0 Å². The zero-order valence-corrected chi connectivity index (χ0v) is 14.1. The predicted octanol–water partition coefficient (Wildman–Crippen LogP) is 3.49. The van der Waals surface area contributed by atoms with Gasteiger partial charge in [-0.2, -0.15) is 0 Å². The third-order valence-electron chi connectivity index (χ3n) is 5.03. The van der Waals surface area contributed by atoms with Crippen molar-refractivity contribution < 1.29 is 4.79 Å². The van der Waals surface area contributed by atoms with Crippen molar-refractivity contribution in [2.75, 3.05) is 13.1 Å². The average Bonchev–Trinajstić information content (AvgIpc) is 3.26. The quantitative estimate of drug-likeness (QED) is 0.934. The van der Waals surface area contributed by atoms with Crippen LogP contribution >= 0.6 is 11.3 Å². The molecular weight excluding hydrogens is 306 g/mol. The number of likely N-dealkylation sites (tertiary alicyclic amines) is 1. The first-order chi connectivity index (χ1) is 11.3. The molecule has 5 heteroatoms. The van der Waals surface area contributed by atoms with E-state index in [1.165, 1.54) is 17.5 Å². The molecule has 23 heavy (non-hydrogen) atoms. The minimum absolute atomic E-state index is 0.185. The number of hydrogen-bond donors (Lipinski definition) is 1. The predicted molar refractivity (Wildman–Crippen MR) is 93.6 cm³/mol. The van der Waals surface area contributed by atoms with Gasteiger partial charge in [-0.3, -0.25) is 9.69 Å². The first-order valence-corrected chi connectivity index (χ1v) is 9.50. The smallest absolute Gasteiger partial charge is 0.234 e. The Morgan fingerprint density at radius 2 is 2.04 bits per heavy atom. The van der Waals surface area contributed by atoms with E-state index < -0.39 is 0 Å². The van der Waals surface area contributed by atoms with Crippen molar-refractivity contribution in [3.63, 3.8) is 0 Å². The summed E-state index contributed by atoms with van der Waals surface area (Å²) >= 11 is 1.77. The number of nitrogens with one attached hydrogen (secondary N) is 1. The van der Waals surface area contributed by atoms with Crippen LogP contribution in [0.25, 0.3) is 10.2 Å². The summed E-state index contributed by atoms with van der Waals surface area (Å²) in [6, 6.07) is 9.01. The zero-order valence-electron chi connectivity index (χ0n) is 13.3. The van der Waals surface area contributed by atoms with Gasteiger partial charge in [0.15, 0.2) is 0 Å². The molecule has 1 aliphatic carbocycles. The van der Waals surface area contributed by atoms with Crippen LogP contribution in [0.1, 0.15) is 49.6 Å². The van der Waals surface area contributed by atoms with Gasteiger partial charge in [0.2, 0.25) is 5.91 Å². The minimum atomic E-state index is 0.185. The Balaban J connectivity index is 1.44. The van der Waals surface area contributed by atoms with Crippen LogP contribution in [-0.4, -0.2) is 34.9 Å². The van der Waals surface area contributed by atoms with Gasteiger partial charge in [0.1, 0.15) is 5.01 Å². The van der Waals surface area contributed by atoms with Crippen LogP contribution in [0, 0.1) is 0 Å². The molecule has 2 heterocycles. The monoisotopic (exact) mass is 329 g/mol. The van der Waals surface area contributed by atoms with E-state index in [1.54, 1.807) is 11.3 Å². The van der Waals surface area contributed by atoms with E-state index in [0.717, 1.165) is 42.8 Å². The lowest BCUT2D eigenvalue weighted by molar-refractivity contribution is -0.123. The summed E-state index contributed by atoms with van der Waals surface area (Å²) in [5.41, 5.74) is 1.08. The fourth-order valence-corrected chi connectivity index (χ4v) is 4.99. The summed E-state index contributed by atoms with van der Waals surface area (Å²) < 4.78 is 1.24. The van der Waals surface area contributed by atoms with E-state index in [9.17, 15) is 4.79 Å².